The van der Waals surface area contributed by atoms with Crippen molar-refractivity contribution < 1.29 is 18.8 Å². The lowest BCUT2D eigenvalue weighted by Gasteiger charge is -2.08. The normalized spacial score (nSPS) is 10.6. The van der Waals surface area contributed by atoms with Gasteiger partial charge in [-0.25, -0.2) is 9.37 Å². The van der Waals surface area contributed by atoms with E-state index >= 15 is 0 Å². The molecule has 0 saturated carbocycles. The molecule has 0 spiro atoms. The molecule has 0 fully saturated rings. The first-order valence-corrected chi connectivity index (χ1v) is 10.4. The smallest absolute Gasteiger partial charge is 0.296 e. The number of aromatic nitrogens is 1. The van der Waals surface area contributed by atoms with E-state index in [1.807, 2.05) is 5.38 Å². The van der Waals surface area contributed by atoms with Crippen LogP contribution in [0.15, 0.2) is 52.2 Å². The molecule has 10 heteroatoms. The number of carbonyl (C=O) groups is 1. The Balaban J connectivity index is 1.62. The fraction of sp³-hybridized carbons (Fsp3) is 0.158. The third-order valence-corrected chi connectivity index (χ3v) is 5.72. The number of amides is 1. The molecule has 0 aliphatic carbocycles. The summed E-state index contributed by atoms with van der Waals surface area (Å²) >= 11 is 2.58. The van der Waals surface area contributed by atoms with Gasteiger partial charge >= 0.3 is 0 Å². The molecule has 1 heterocycles. The Kier molecular flexibility index (Phi) is 6.78. The minimum absolute atomic E-state index is 0.0424. The fourth-order valence-corrected chi connectivity index (χ4v) is 4.05. The van der Waals surface area contributed by atoms with Crippen LogP contribution in [0.25, 0.3) is 11.3 Å². The van der Waals surface area contributed by atoms with Gasteiger partial charge in [0.05, 0.1) is 29.0 Å². The first-order valence-electron chi connectivity index (χ1n) is 8.51. The molecule has 0 radical (unpaired) electrons. The number of rotatable bonds is 8. The largest absolute Gasteiger partial charge is 0.494 e. The summed E-state index contributed by atoms with van der Waals surface area (Å²) in [4.78, 5) is 27.3. The van der Waals surface area contributed by atoms with Crippen molar-refractivity contribution in [2.45, 2.75) is 11.3 Å². The monoisotopic (exact) mass is 433 g/mol. The summed E-state index contributed by atoms with van der Waals surface area (Å²) in [5.41, 5.74) is 1.35. The lowest BCUT2D eigenvalue weighted by Crippen LogP contribution is -2.15. The molecule has 1 aromatic heterocycles. The molecule has 2 aromatic carbocycles. The molecule has 0 saturated heterocycles. The number of halogens is 1. The van der Waals surface area contributed by atoms with E-state index in [1.165, 1.54) is 47.4 Å². The third kappa shape index (κ3) is 5.52. The SMILES string of the molecule is CCOc1ccc(NC(=O)CSc2nc(-c3ccc(F)cc3)cs2)c([N+](=O)[O-])c1. The molecule has 0 unspecified atom stereocenters. The van der Waals surface area contributed by atoms with Gasteiger partial charge in [-0.2, -0.15) is 0 Å². The van der Waals surface area contributed by atoms with Crippen LogP contribution >= 0.6 is 23.1 Å². The van der Waals surface area contributed by atoms with Crippen molar-refractivity contribution in [2.75, 3.05) is 17.7 Å². The number of hydrogen-bond acceptors (Lipinski definition) is 7. The molecule has 1 amide bonds. The van der Waals surface area contributed by atoms with Crippen LogP contribution in [0.2, 0.25) is 0 Å². The average Bonchev–Trinajstić information content (AvgIpc) is 3.17. The van der Waals surface area contributed by atoms with Crippen LogP contribution in [-0.4, -0.2) is 28.2 Å². The molecular weight excluding hydrogens is 417 g/mol. The zero-order valence-electron chi connectivity index (χ0n) is 15.3. The Hall–Kier alpha value is -2.98. The van der Waals surface area contributed by atoms with E-state index < -0.39 is 4.92 Å². The van der Waals surface area contributed by atoms with E-state index in [1.54, 1.807) is 25.1 Å². The third-order valence-electron chi connectivity index (χ3n) is 3.70. The second kappa shape index (κ2) is 9.48. The maximum absolute atomic E-state index is 13.0. The van der Waals surface area contributed by atoms with Crippen molar-refractivity contribution in [3.05, 3.63) is 63.8 Å². The molecule has 0 bridgehead atoms. The van der Waals surface area contributed by atoms with E-state index in [0.717, 1.165) is 5.56 Å². The Bertz CT molecular complexity index is 1020. The predicted molar refractivity (Wildman–Crippen MR) is 111 cm³/mol. The fourth-order valence-electron chi connectivity index (χ4n) is 2.42. The maximum Gasteiger partial charge on any atom is 0.296 e. The number of thiazole rings is 1. The Morgan fingerprint density at radius 2 is 2.07 bits per heavy atom. The summed E-state index contributed by atoms with van der Waals surface area (Å²) in [6.45, 7) is 2.16. The van der Waals surface area contributed by atoms with Gasteiger partial charge in [0.15, 0.2) is 4.34 Å². The highest BCUT2D eigenvalue weighted by molar-refractivity contribution is 8.01. The second-order valence-electron chi connectivity index (χ2n) is 5.71. The molecule has 0 atom stereocenters. The summed E-state index contributed by atoms with van der Waals surface area (Å²) in [5.74, 6) is -0.303. The summed E-state index contributed by atoms with van der Waals surface area (Å²) in [6, 6.07) is 10.3. The standard InChI is InChI=1S/C19H16FN3O4S2/c1-2-27-14-7-8-15(17(9-14)23(25)26)21-18(24)11-29-19-22-16(10-28-19)12-3-5-13(20)6-4-12/h3-10H,2,11H2,1H3,(H,21,24). The number of carbonyl (C=O) groups excluding carboxylic acids is 1. The summed E-state index contributed by atoms with van der Waals surface area (Å²) < 4.78 is 18.9. The first-order chi connectivity index (χ1) is 14.0. The zero-order chi connectivity index (χ0) is 20.8. The van der Waals surface area contributed by atoms with Crippen LogP contribution in [0.3, 0.4) is 0 Å². The molecule has 150 valence electrons. The van der Waals surface area contributed by atoms with Gasteiger partial charge in [0.25, 0.3) is 5.69 Å². The van der Waals surface area contributed by atoms with Gasteiger partial charge < -0.3 is 10.1 Å². The number of benzene rings is 2. The number of anilines is 1. The van der Waals surface area contributed by atoms with Gasteiger partial charge in [-0.05, 0) is 43.3 Å². The van der Waals surface area contributed by atoms with Crippen molar-refractivity contribution in [1.82, 2.24) is 4.98 Å². The number of nitro benzene ring substituents is 1. The van der Waals surface area contributed by atoms with Gasteiger partial charge in [0.1, 0.15) is 17.3 Å². The number of hydrogen-bond donors (Lipinski definition) is 1. The molecule has 29 heavy (non-hydrogen) atoms. The lowest BCUT2D eigenvalue weighted by molar-refractivity contribution is -0.384. The van der Waals surface area contributed by atoms with E-state index in [-0.39, 0.29) is 28.9 Å². The number of thioether (sulfide) groups is 1. The van der Waals surface area contributed by atoms with Crippen molar-refractivity contribution in [3.8, 4) is 17.0 Å². The highest BCUT2D eigenvalue weighted by Crippen LogP contribution is 2.31. The highest BCUT2D eigenvalue weighted by atomic mass is 32.2. The van der Waals surface area contributed by atoms with Crippen LogP contribution in [0.1, 0.15) is 6.92 Å². The van der Waals surface area contributed by atoms with Gasteiger partial charge in [-0.15, -0.1) is 11.3 Å². The maximum atomic E-state index is 13.0. The topological polar surface area (TPSA) is 94.4 Å². The predicted octanol–water partition coefficient (Wildman–Crippen LogP) is 4.99. The number of nitro groups is 1. The van der Waals surface area contributed by atoms with Crippen LogP contribution in [-0.2, 0) is 4.79 Å². The summed E-state index contributed by atoms with van der Waals surface area (Å²) in [5, 5.41) is 15.6. The minimum Gasteiger partial charge on any atom is -0.494 e. The molecule has 0 aliphatic heterocycles. The van der Waals surface area contributed by atoms with Gasteiger partial charge in [0, 0.05) is 10.9 Å². The molecule has 7 nitrogen and oxygen atoms in total. The number of nitrogens with zero attached hydrogens (tertiary/aromatic N) is 2. The van der Waals surface area contributed by atoms with Gasteiger partial charge in [0.2, 0.25) is 5.91 Å². The second-order valence-corrected chi connectivity index (χ2v) is 7.79. The first kappa shape index (κ1) is 20.7. The van der Waals surface area contributed by atoms with E-state index in [0.29, 0.717) is 22.4 Å². The average molecular weight is 433 g/mol. The van der Waals surface area contributed by atoms with Crippen molar-refractivity contribution in [1.29, 1.82) is 0 Å². The Morgan fingerprint density at radius 3 is 2.76 bits per heavy atom. The number of nitrogens with one attached hydrogen (secondary N) is 1. The molecule has 3 aromatic rings. The van der Waals surface area contributed by atoms with E-state index in [9.17, 15) is 19.3 Å². The van der Waals surface area contributed by atoms with E-state index in [4.69, 9.17) is 4.74 Å². The Labute approximate surface area is 174 Å². The quantitative estimate of drug-likeness (QED) is 0.306. The van der Waals surface area contributed by atoms with Gasteiger partial charge in [-0.1, -0.05) is 11.8 Å². The van der Waals surface area contributed by atoms with Crippen molar-refractivity contribution in [3.63, 3.8) is 0 Å². The lowest BCUT2D eigenvalue weighted by atomic mass is 10.2. The minimum atomic E-state index is -0.568. The molecule has 1 N–H and O–H groups in total. The van der Waals surface area contributed by atoms with E-state index in [2.05, 4.69) is 10.3 Å². The van der Waals surface area contributed by atoms with Crippen LogP contribution < -0.4 is 10.1 Å². The molecule has 0 aliphatic rings. The zero-order valence-corrected chi connectivity index (χ0v) is 16.9. The summed E-state index contributed by atoms with van der Waals surface area (Å²) in [6.07, 6.45) is 0. The number of ether oxygens (including phenoxy) is 1. The van der Waals surface area contributed by atoms with Gasteiger partial charge in [-0.3, -0.25) is 14.9 Å². The van der Waals surface area contributed by atoms with Crippen LogP contribution in [0.4, 0.5) is 15.8 Å². The van der Waals surface area contributed by atoms with Crippen LogP contribution in [0, 0.1) is 15.9 Å². The Morgan fingerprint density at radius 1 is 1.31 bits per heavy atom. The highest BCUT2D eigenvalue weighted by Gasteiger charge is 2.18. The van der Waals surface area contributed by atoms with Crippen molar-refractivity contribution >= 4 is 40.4 Å². The summed E-state index contributed by atoms with van der Waals surface area (Å²) in [7, 11) is 0. The molecule has 3 rings (SSSR count). The molecular formula is C19H16FN3O4S2. The van der Waals surface area contributed by atoms with Crippen LogP contribution in [0.5, 0.6) is 5.75 Å². The van der Waals surface area contributed by atoms with Crippen molar-refractivity contribution in [2.24, 2.45) is 0 Å².